The number of halogens is 3. The minimum atomic E-state index is -3.95. The van der Waals surface area contributed by atoms with Crippen molar-refractivity contribution in [2.24, 2.45) is 0 Å². The van der Waals surface area contributed by atoms with Gasteiger partial charge in [0.05, 0.1) is 17.8 Å². The SMILES string of the molecule is O=C(NNS(=O)(=O)c1ccc(Cl)cc1)c1ccc(Cn2cnc(Cl)c2Cl)o1. The molecule has 27 heavy (non-hydrogen) atoms. The number of amides is 1. The van der Waals surface area contributed by atoms with Crippen molar-refractivity contribution in [1.82, 2.24) is 19.8 Å². The number of nitrogens with one attached hydrogen (secondary N) is 2. The van der Waals surface area contributed by atoms with E-state index >= 15 is 0 Å². The summed E-state index contributed by atoms with van der Waals surface area (Å²) in [6.45, 7) is 0.197. The van der Waals surface area contributed by atoms with Crippen molar-refractivity contribution in [3.63, 3.8) is 0 Å². The summed E-state index contributed by atoms with van der Waals surface area (Å²) in [4.78, 5) is 17.9. The first kappa shape index (κ1) is 19.7. The minimum Gasteiger partial charge on any atom is -0.454 e. The summed E-state index contributed by atoms with van der Waals surface area (Å²) in [7, 11) is -3.95. The van der Waals surface area contributed by atoms with E-state index in [4.69, 9.17) is 39.2 Å². The molecule has 0 aliphatic carbocycles. The second-order valence-electron chi connectivity index (χ2n) is 5.23. The molecule has 1 amide bonds. The third-order valence-electron chi connectivity index (χ3n) is 3.37. The van der Waals surface area contributed by atoms with Crippen LogP contribution in [-0.2, 0) is 16.6 Å². The highest BCUT2D eigenvalue weighted by atomic mass is 35.5. The number of benzene rings is 1. The summed E-state index contributed by atoms with van der Waals surface area (Å²) >= 11 is 17.4. The van der Waals surface area contributed by atoms with E-state index in [0.717, 1.165) is 0 Å². The summed E-state index contributed by atoms with van der Waals surface area (Å²) in [6.07, 6.45) is 1.42. The van der Waals surface area contributed by atoms with Gasteiger partial charge in [-0.15, -0.1) is 4.83 Å². The molecule has 142 valence electrons. The average molecular weight is 450 g/mol. The maximum absolute atomic E-state index is 12.1. The fourth-order valence-electron chi connectivity index (χ4n) is 2.05. The molecule has 1 aromatic carbocycles. The number of furan rings is 1. The van der Waals surface area contributed by atoms with E-state index in [9.17, 15) is 13.2 Å². The standard InChI is InChI=1S/C15H11Cl3N4O4S/c16-9-1-4-11(5-2-9)27(24,25)21-20-15(23)12-6-3-10(26-12)7-22-8-19-13(17)14(22)18/h1-6,8,21H,7H2,(H,20,23). The summed E-state index contributed by atoms with van der Waals surface area (Å²) < 4.78 is 31.2. The zero-order valence-corrected chi connectivity index (χ0v) is 16.4. The second kappa shape index (κ2) is 7.91. The molecule has 0 aliphatic heterocycles. The van der Waals surface area contributed by atoms with Crippen LogP contribution in [0.25, 0.3) is 0 Å². The zero-order valence-electron chi connectivity index (χ0n) is 13.3. The van der Waals surface area contributed by atoms with Crippen LogP contribution in [0.1, 0.15) is 16.3 Å². The van der Waals surface area contributed by atoms with Gasteiger partial charge in [0.1, 0.15) is 10.9 Å². The van der Waals surface area contributed by atoms with Crippen molar-refractivity contribution in [3.8, 4) is 0 Å². The van der Waals surface area contributed by atoms with Crippen molar-refractivity contribution < 1.29 is 17.6 Å². The Morgan fingerprint density at radius 3 is 2.44 bits per heavy atom. The number of hydrogen-bond acceptors (Lipinski definition) is 5. The van der Waals surface area contributed by atoms with Crippen LogP contribution in [0.15, 0.2) is 52.0 Å². The fraction of sp³-hybridized carbons (Fsp3) is 0.0667. The van der Waals surface area contributed by atoms with Gasteiger partial charge in [-0.25, -0.2) is 13.4 Å². The highest BCUT2D eigenvalue weighted by Gasteiger charge is 2.18. The zero-order chi connectivity index (χ0) is 19.6. The first-order valence-corrected chi connectivity index (χ1v) is 9.90. The van der Waals surface area contributed by atoms with Crippen molar-refractivity contribution in [1.29, 1.82) is 0 Å². The van der Waals surface area contributed by atoms with Gasteiger partial charge in [0.15, 0.2) is 10.9 Å². The molecule has 0 atom stereocenters. The Kier molecular flexibility index (Phi) is 5.78. The number of carbonyl (C=O) groups is 1. The third kappa shape index (κ3) is 4.63. The van der Waals surface area contributed by atoms with Gasteiger partial charge >= 0.3 is 5.91 Å². The average Bonchev–Trinajstić information content (AvgIpc) is 3.23. The first-order valence-electron chi connectivity index (χ1n) is 7.29. The number of rotatable bonds is 6. The van der Waals surface area contributed by atoms with E-state index in [0.29, 0.717) is 10.8 Å². The van der Waals surface area contributed by atoms with E-state index < -0.39 is 15.9 Å². The molecule has 3 aromatic rings. The Bertz CT molecular complexity index is 1080. The fourth-order valence-corrected chi connectivity index (χ4v) is 3.32. The lowest BCUT2D eigenvalue weighted by atomic mass is 10.4. The van der Waals surface area contributed by atoms with Gasteiger partial charge in [0, 0.05) is 5.02 Å². The Balaban J connectivity index is 1.64. The highest BCUT2D eigenvalue weighted by molar-refractivity contribution is 7.89. The predicted octanol–water partition coefficient (Wildman–Crippen LogP) is 3.11. The number of carbonyl (C=O) groups excluding carboxylic acids is 1. The van der Waals surface area contributed by atoms with Gasteiger partial charge in [-0.1, -0.05) is 34.8 Å². The maximum Gasteiger partial charge on any atom is 0.301 e. The number of hydrazine groups is 1. The second-order valence-corrected chi connectivity index (χ2v) is 8.07. The Hall–Kier alpha value is -2.04. The van der Waals surface area contributed by atoms with Gasteiger partial charge in [-0.05, 0) is 36.4 Å². The summed E-state index contributed by atoms with van der Waals surface area (Å²) in [6, 6.07) is 8.40. The summed E-state index contributed by atoms with van der Waals surface area (Å²) in [5.41, 5.74) is 2.08. The molecule has 0 spiro atoms. The molecule has 0 bridgehead atoms. The van der Waals surface area contributed by atoms with Crippen molar-refractivity contribution >= 4 is 50.7 Å². The van der Waals surface area contributed by atoms with Crippen LogP contribution in [-0.4, -0.2) is 23.9 Å². The molecule has 12 heteroatoms. The molecular formula is C15H11Cl3N4O4S. The van der Waals surface area contributed by atoms with Gasteiger partial charge in [0.2, 0.25) is 0 Å². The van der Waals surface area contributed by atoms with Crippen LogP contribution in [0.3, 0.4) is 0 Å². The van der Waals surface area contributed by atoms with E-state index in [2.05, 4.69) is 10.4 Å². The monoisotopic (exact) mass is 448 g/mol. The van der Waals surface area contributed by atoms with Gasteiger partial charge in [-0.2, -0.15) is 0 Å². The normalized spacial score (nSPS) is 11.5. The van der Waals surface area contributed by atoms with Crippen LogP contribution in [0.4, 0.5) is 0 Å². The number of sulfonamides is 1. The number of nitrogens with zero attached hydrogens (tertiary/aromatic N) is 2. The van der Waals surface area contributed by atoms with Crippen molar-refractivity contribution in [2.75, 3.05) is 0 Å². The van der Waals surface area contributed by atoms with Crippen LogP contribution in [0.2, 0.25) is 15.3 Å². The molecule has 2 aromatic heterocycles. The molecule has 0 radical (unpaired) electrons. The van der Waals surface area contributed by atoms with Gasteiger partial charge < -0.3 is 8.98 Å². The first-order chi connectivity index (χ1) is 12.8. The highest BCUT2D eigenvalue weighted by Crippen LogP contribution is 2.21. The van der Waals surface area contributed by atoms with Crippen molar-refractivity contribution in [2.45, 2.75) is 11.4 Å². The lowest BCUT2D eigenvalue weighted by Gasteiger charge is -2.07. The van der Waals surface area contributed by atoms with Crippen LogP contribution >= 0.6 is 34.8 Å². The van der Waals surface area contributed by atoms with E-state index in [1.165, 1.54) is 41.2 Å². The molecule has 0 fully saturated rings. The van der Waals surface area contributed by atoms with E-state index in [1.807, 2.05) is 4.83 Å². The smallest absolute Gasteiger partial charge is 0.301 e. The lowest BCUT2D eigenvalue weighted by Crippen LogP contribution is -2.41. The van der Waals surface area contributed by atoms with E-state index in [1.54, 1.807) is 6.07 Å². The number of aromatic nitrogens is 2. The molecule has 0 aliphatic rings. The Morgan fingerprint density at radius 2 is 1.81 bits per heavy atom. The minimum absolute atomic E-state index is 0.0565. The summed E-state index contributed by atoms with van der Waals surface area (Å²) in [5, 5.41) is 0.771. The lowest BCUT2D eigenvalue weighted by molar-refractivity contribution is 0.0915. The molecule has 0 saturated heterocycles. The van der Waals surface area contributed by atoms with Crippen LogP contribution in [0, 0.1) is 0 Å². The number of imidazole rings is 1. The predicted molar refractivity (Wildman–Crippen MR) is 99.3 cm³/mol. The molecule has 3 rings (SSSR count). The van der Waals surface area contributed by atoms with Crippen LogP contribution in [0.5, 0.6) is 0 Å². The van der Waals surface area contributed by atoms with Gasteiger partial charge in [0.25, 0.3) is 10.0 Å². The molecule has 2 N–H and O–H groups in total. The molecule has 8 nitrogen and oxygen atoms in total. The number of hydrogen-bond donors (Lipinski definition) is 2. The third-order valence-corrected chi connectivity index (χ3v) is 5.65. The largest absolute Gasteiger partial charge is 0.454 e. The quantitative estimate of drug-likeness (QED) is 0.562. The van der Waals surface area contributed by atoms with E-state index in [-0.39, 0.29) is 27.5 Å². The molecule has 0 unspecified atom stereocenters. The maximum atomic E-state index is 12.1. The Labute approximate surface area is 169 Å². The molecule has 0 saturated carbocycles. The molecular weight excluding hydrogens is 439 g/mol. The topological polar surface area (TPSA) is 106 Å². The Morgan fingerprint density at radius 1 is 1.11 bits per heavy atom. The van der Waals surface area contributed by atoms with Crippen LogP contribution < -0.4 is 10.3 Å². The van der Waals surface area contributed by atoms with Gasteiger partial charge in [-0.3, -0.25) is 10.2 Å². The van der Waals surface area contributed by atoms with Crippen molar-refractivity contribution in [3.05, 3.63) is 69.6 Å². The molecule has 2 heterocycles. The summed E-state index contributed by atoms with van der Waals surface area (Å²) in [5.74, 6) is -0.462.